The van der Waals surface area contributed by atoms with Gasteiger partial charge in [-0.05, 0) is 36.4 Å². The van der Waals surface area contributed by atoms with E-state index in [-0.39, 0.29) is 6.03 Å². The molecule has 0 aliphatic carbocycles. The van der Waals surface area contributed by atoms with Crippen molar-refractivity contribution < 1.29 is 4.79 Å². The molecule has 0 aliphatic rings. The normalized spacial score (nSPS) is 10.7. The highest BCUT2D eigenvalue weighted by molar-refractivity contribution is 6.13. The first-order valence-electron chi connectivity index (χ1n) is 8.65. The fourth-order valence-corrected chi connectivity index (χ4v) is 3.11. The molecule has 5 nitrogen and oxygen atoms in total. The van der Waals surface area contributed by atoms with E-state index in [1.54, 1.807) is 23.4 Å². The molecule has 0 aliphatic heterocycles. The molecule has 4 aromatic rings. The molecule has 5 heteroatoms. The quantitative estimate of drug-likeness (QED) is 0.414. The molecule has 0 fully saturated rings. The van der Waals surface area contributed by atoms with Crippen LogP contribution in [0.3, 0.4) is 0 Å². The summed E-state index contributed by atoms with van der Waals surface area (Å²) < 4.78 is 0. The minimum atomic E-state index is -0.240. The van der Waals surface area contributed by atoms with Gasteiger partial charge in [-0.25, -0.2) is 4.79 Å². The molecule has 0 saturated heterocycles. The Kier molecular flexibility index (Phi) is 4.49. The zero-order valence-corrected chi connectivity index (χ0v) is 14.7. The molecule has 0 saturated carbocycles. The maximum Gasteiger partial charge on any atom is 0.326 e. The molecule has 2 aromatic carbocycles. The minimum absolute atomic E-state index is 0.240. The number of carbonyl (C=O) groups is 1. The summed E-state index contributed by atoms with van der Waals surface area (Å²) in [6.45, 7) is 4.16. The predicted octanol–water partition coefficient (Wildman–Crippen LogP) is 5.01. The number of pyridine rings is 2. The predicted molar refractivity (Wildman–Crippen MR) is 110 cm³/mol. The highest BCUT2D eigenvalue weighted by Crippen LogP contribution is 2.29. The van der Waals surface area contributed by atoms with Gasteiger partial charge in [0.05, 0.1) is 16.7 Å². The van der Waals surface area contributed by atoms with Crippen molar-refractivity contribution >= 4 is 39.2 Å². The van der Waals surface area contributed by atoms with E-state index in [4.69, 9.17) is 0 Å². The summed E-state index contributed by atoms with van der Waals surface area (Å²) in [5, 5.41) is 4.86. The molecule has 0 atom stereocenters. The van der Waals surface area contributed by atoms with Crippen molar-refractivity contribution in [2.24, 2.45) is 0 Å². The second-order valence-electron chi connectivity index (χ2n) is 6.06. The minimum Gasteiger partial charge on any atom is -0.305 e. The van der Waals surface area contributed by atoms with Crippen LogP contribution in [0.1, 0.15) is 0 Å². The maximum absolute atomic E-state index is 13.0. The summed E-state index contributed by atoms with van der Waals surface area (Å²) in [6, 6.07) is 18.9. The van der Waals surface area contributed by atoms with Crippen molar-refractivity contribution in [3.05, 3.63) is 85.7 Å². The Hall–Kier alpha value is -3.73. The lowest BCUT2D eigenvalue weighted by atomic mass is 10.1. The smallest absolute Gasteiger partial charge is 0.305 e. The van der Waals surface area contributed by atoms with Crippen molar-refractivity contribution in [1.82, 2.24) is 9.97 Å². The average molecular weight is 354 g/mol. The molecular weight excluding hydrogens is 336 g/mol. The van der Waals surface area contributed by atoms with E-state index < -0.39 is 0 Å². The number of amides is 2. The third-order valence-corrected chi connectivity index (χ3v) is 4.32. The van der Waals surface area contributed by atoms with Crippen LogP contribution in [0.2, 0.25) is 0 Å². The van der Waals surface area contributed by atoms with Crippen molar-refractivity contribution in [1.29, 1.82) is 0 Å². The van der Waals surface area contributed by atoms with Crippen LogP contribution in [0.5, 0.6) is 0 Å². The number of hydrogen-bond acceptors (Lipinski definition) is 3. The van der Waals surface area contributed by atoms with E-state index in [1.807, 2.05) is 60.7 Å². The number of benzene rings is 2. The number of nitrogens with zero attached hydrogens (tertiary/aromatic N) is 3. The van der Waals surface area contributed by atoms with Gasteiger partial charge in [-0.15, -0.1) is 6.58 Å². The van der Waals surface area contributed by atoms with E-state index in [0.29, 0.717) is 17.7 Å². The van der Waals surface area contributed by atoms with Gasteiger partial charge in [-0.2, -0.15) is 0 Å². The van der Waals surface area contributed by atoms with Gasteiger partial charge < -0.3 is 5.32 Å². The molecule has 0 unspecified atom stereocenters. The Bertz CT molecular complexity index is 1120. The third kappa shape index (κ3) is 3.22. The SMILES string of the molecule is C=CCN(C(=O)Nc1cc2cccnc2c2cccnc12)c1ccccc1. The van der Waals surface area contributed by atoms with Gasteiger partial charge in [0.25, 0.3) is 0 Å². The van der Waals surface area contributed by atoms with Crippen molar-refractivity contribution in [2.75, 3.05) is 16.8 Å². The van der Waals surface area contributed by atoms with Crippen LogP contribution in [-0.2, 0) is 0 Å². The molecule has 2 heterocycles. The van der Waals surface area contributed by atoms with E-state index in [9.17, 15) is 4.79 Å². The first-order chi connectivity index (χ1) is 13.3. The average Bonchev–Trinajstić information content (AvgIpc) is 2.72. The molecule has 132 valence electrons. The molecule has 0 bridgehead atoms. The maximum atomic E-state index is 13.0. The summed E-state index contributed by atoms with van der Waals surface area (Å²) >= 11 is 0. The van der Waals surface area contributed by atoms with Gasteiger partial charge in [-0.3, -0.25) is 14.9 Å². The van der Waals surface area contributed by atoms with Crippen LogP contribution >= 0.6 is 0 Å². The Morgan fingerprint density at radius 3 is 2.52 bits per heavy atom. The highest BCUT2D eigenvalue weighted by atomic mass is 16.2. The molecule has 27 heavy (non-hydrogen) atoms. The van der Waals surface area contributed by atoms with Crippen LogP contribution in [0, 0.1) is 0 Å². The van der Waals surface area contributed by atoms with E-state index in [0.717, 1.165) is 22.0 Å². The van der Waals surface area contributed by atoms with Gasteiger partial charge >= 0.3 is 6.03 Å². The first kappa shape index (κ1) is 16.7. The Morgan fingerprint density at radius 2 is 1.74 bits per heavy atom. The second kappa shape index (κ2) is 7.25. The van der Waals surface area contributed by atoms with Gasteiger partial charge in [0.1, 0.15) is 0 Å². The van der Waals surface area contributed by atoms with E-state index in [1.165, 1.54) is 0 Å². The van der Waals surface area contributed by atoms with Gasteiger partial charge in [-0.1, -0.05) is 30.3 Å². The summed E-state index contributed by atoms with van der Waals surface area (Å²) in [5.41, 5.74) is 3.03. The largest absolute Gasteiger partial charge is 0.326 e. The fraction of sp³-hybridized carbons (Fsp3) is 0.0455. The molecule has 4 rings (SSSR count). The number of hydrogen-bond donors (Lipinski definition) is 1. The highest BCUT2D eigenvalue weighted by Gasteiger charge is 2.17. The lowest BCUT2D eigenvalue weighted by Gasteiger charge is -2.22. The van der Waals surface area contributed by atoms with Crippen LogP contribution < -0.4 is 10.2 Å². The zero-order chi connectivity index (χ0) is 18.6. The summed E-state index contributed by atoms with van der Waals surface area (Å²) in [6.07, 6.45) is 5.17. The second-order valence-corrected chi connectivity index (χ2v) is 6.06. The van der Waals surface area contributed by atoms with Crippen LogP contribution in [0.25, 0.3) is 21.8 Å². The zero-order valence-electron chi connectivity index (χ0n) is 14.7. The molecular formula is C22H18N4O. The monoisotopic (exact) mass is 354 g/mol. The van der Waals surface area contributed by atoms with E-state index >= 15 is 0 Å². The van der Waals surface area contributed by atoms with Crippen molar-refractivity contribution in [3.63, 3.8) is 0 Å². The lowest BCUT2D eigenvalue weighted by molar-refractivity contribution is 0.257. The van der Waals surface area contributed by atoms with E-state index in [2.05, 4.69) is 21.9 Å². The summed E-state index contributed by atoms with van der Waals surface area (Å²) in [4.78, 5) is 23.6. The fourth-order valence-electron chi connectivity index (χ4n) is 3.11. The Morgan fingerprint density at radius 1 is 1.00 bits per heavy atom. The molecule has 2 aromatic heterocycles. The lowest BCUT2D eigenvalue weighted by Crippen LogP contribution is -2.35. The van der Waals surface area contributed by atoms with Crippen molar-refractivity contribution in [3.8, 4) is 0 Å². The van der Waals surface area contributed by atoms with Gasteiger partial charge in [0.15, 0.2) is 0 Å². The van der Waals surface area contributed by atoms with Crippen LogP contribution in [-0.4, -0.2) is 22.5 Å². The number of rotatable bonds is 4. The first-order valence-corrected chi connectivity index (χ1v) is 8.65. The molecule has 1 N–H and O–H groups in total. The van der Waals surface area contributed by atoms with Gasteiger partial charge in [0, 0.05) is 35.4 Å². The number of urea groups is 1. The number of aromatic nitrogens is 2. The van der Waals surface area contributed by atoms with Crippen LogP contribution in [0.4, 0.5) is 16.2 Å². The van der Waals surface area contributed by atoms with Crippen LogP contribution in [0.15, 0.2) is 85.7 Å². The number of anilines is 2. The number of fused-ring (bicyclic) bond motifs is 3. The topological polar surface area (TPSA) is 58.1 Å². The number of nitrogens with one attached hydrogen (secondary N) is 1. The number of carbonyl (C=O) groups excluding carboxylic acids is 1. The molecule has 0 spiro atoms. The standard InChI is InChI=1S/C22H18N4O/c1-2-14-26(17-9-4-3-5-10-17)22(27)25-19-15-16-8-6-12-23-20(16)18-11-7-13-24-21(18)19/h2-13,15H,1,14H2,(H,25,27). The summed E-state index contributed by atoms with van der Waals surface area (Å²) in [5.74, 6) is 0. The third-order valence-electron chi connectivity index (χ3n) is 4.32. The number of para-hydroxylation sites is 1. The molecule has 0 radical (unpaired) electrons. The van der Waals surface area contributed by atoms with Crippen molar-refractivity contribution in [2.45, 2.75) is 0 Å². The summed E-state index contributed by atoms with van der Waals surface area (Å²) in [7, 11) is 0. The Balaban J connectivity index is 1.77. The van der Waals surface area contributed by atoms with Gasteiger partial charge in [0.2, 0.25) is 0 Å². The Labute approximate surface area is 157 Å². The molecule has 2 amide bonds.